The van der Waals surface area contributed by atoms with E-state index in [-0.39, 0.29) is 0 Å². The van der Waals surface area contributed by atoms with E-state index in [1.54, 1.807) is 0 Å². The van der Waals surface area contributed by atoms with Gasteiger partial charge in [0, 0.05) is 16.5 Å². The summed E-state index contributed by atoms with van der Waals surface area (Å²) >= 11 is 9.64. The Morgan fingerprint density at radius 2 is 2.26 bits per heavy atom. The van der Waals surface area contributed by atoms with Gasteiger partial charge in [-0.05, 0) is 18.2 Å². The molecule has 2 aromatic rings. The van der Waals surface area contributed by atoms with Crippen molar-refractivity contribution in [2.75, 3.05) is 5.73 Å². The van der Waals surface area contributed by atoms with Crippen LogP contribution in [-0.4, -0.2) is 9.55 Å². The molecule has 2 rings (SSSR count). The molecule has 0 saturated carbocycles. The number of terminal acetylenes is 1. The molecule has 1 aromatic heterocycles. The number of nitrogens with two attached hydrogens (primary N) is 1. The highest BCUT2D eigenvalue weighted by Crippen LogP contribution is 2.34. The number of nitrogen functional groups attached to an aromatic ring is 1. The first-order chi connectivity index (χ1) is 9.08. The molecule has 0 unspecified atom stereocenters. The second-order valence-electron chi connectivity index (χ2n) is 4.03. The van der Waals surface area contributed by atoms with Crippen LogP contribution in [0.3, 0.4) is 0 Å². The third-order valence-electron chi connectivity index (χ3n) is 2.84. The minimum atomic E-state index is 0.410. The highest BCUT2D eigenvalue weighted by molar-refractivity contribution is 9.10. The normalized spacial score (nSPS) is 10.4. The van der Waals surface area contributed by atoms with E-state index in [1.807, 2.05) is 29.7 Å². The Morgan fingerprint density at radius 1 is 1.53 bits per heavy atom. The van der Waals surface area contributed by atoms with Crippen LogP contribution in [0.25, 0.3) is 11.3 Å². The summed E-state index contributed by atoms with van der Waals surface area (Å²) in [6, 6.07) is 5.59. The van der Waals surface area contributed by atoms with E-state index in [9.17, 15) is 0 Å². The highest BCUT2D eigenvalue weighted by Gasteiger charge is 2.17. The molecule has 0 saturated heterocycles. The topological polar surface area (TPSA) is 43.8 Å². The Morgan fingerprint density at radius 3 is 2.89 bits per heavy atom. The molecule has 1 aromatic carbocycles. The van der Waals surface area contributed by atoms with Crippen molar-refractivity contribution >= 4 is 33.3 Å². The fourth-order valence-corrected chi connectivity index (χ4v) is 2.50. The quantitative estimate of drug-likeness (QED) is 0.866. The molecule has 0 aliphatic heterocycles. The molecule has 0 aliphatic rings. The molecule has 1 heterocycles. The Bertz CT molecular complexity index is 655. The number of nitrogens with zero attached hydrogens (tertiary/aromatic N) is 2. The summed E-state index contributed by atoms with van der Waals surface area (Å²) in [6.45, 7) is 2.43. The zero-order valence-electron chi connectivity index (χ0n) is 10.5. The summed E-state index contributed by atoms with van der Waals surface area (Å²) in [5.74, 6) is 4.00. The number of anilines is 1. The first-order valence-corrected chi connectivity index (χ1v) is 6.99. The van der Waals surface area contributed by atoms with Crippen LogP contribution in [0.15, 0.2) is 22.7 Å². The summed E-state index contributed by atoms with van der Waals surface area (Å²) in [6.07, 6.45) is 6.13. The van der Waals surface area contributed by atoms with Gasteiger partial charge in [0.25, 0.3) is 0 Å². The minimum Gasteiger partial charge on any atom is -0.383 e. The van der Waals surface area contributed by atoms with Crippen molar-refractivity contribution in [1.29, 1.82) is 0 Å². The van der Waals surface area contributed by atoms with Crippen LogP contribution in [0.2, 0.25) is 5.02 Å². The fourth-order valence-electron chi connectivity index (χ4n) is 1.93. The van der Waals surface area contributed by atoms with E-state index in [0.29, 0.717) is 23.1 Å². The standard InChI is InChI=1S/C14H13BrClN3/c1-3-7-19-12(4-2)18-13(14(19)17)10-8-9(15)5-6-11(10)16/h1,5-6,8H,4,7,17H2,2H3. The Balaban J connectivity index is 2.63. The van der Waals surface area contributed by atoms with E-state index in [2.05, 4.69) is 26.8 Å². The third kappa shape index (κ3) is 2.63. The van der Waals surface area contributed by atoms with Gasteiger partial charge in [0.1, 0.15) is 17.3 Å². The lowest BCUT2D eigenvalue weighted by molar-refractivity contribution is 0.769. The van der Waals surface area contributed by atoms with E-state index in [0.717, 1.165) is 22.3 Å². The van der Waals surface area contributed by atoms with Crippen LogP contribution in [0, 0.1) is 12.3 Å². The van der Waals surface area contributed by atoms with Crippen LogP contribution in [0.4, 0.5) is 5.82 Å². The molecular formula is C14H13BrClN3. The smallest absolute Gasteiger partial charge is 0.132 e. The Hall–Kier alpha value is -1.44. The fraction of sp³-hybridized carbons (Fsp3) is 0.214. The number of rotatable bonds is 3. The third-order valence-corrected chi connectivity index (χ3v) is 3.66. The first-order valence-electron chi connectivity index (χ1n) is 5.82. The molecule has 0 atom stereocenters. The van der Waals surface area contributed by atoms with E-state index < -0.39 is 0 Å². The van der Waals surface area contributed by atoms with Crippen molar-refractivity contribution in [1.82, 2.24) is 9.55 Å². The molecule has 98 valence electrons. The van der Waals surface area contributed by atoms with Crippen molar-refractivity contribution in [3.8, 4) is 23.6 Å². The number of hydrogen-bond donors (Lipinski definition) is 1. The molecule has 3 nitrogen and oxygen atoms in total. The van der Waals surface area contributed by atoms with Crippen molar-refractivity contribution in [2.24, 2.45) is 0 Å². The second-order valence-corrected chi connectivity index (χ2v) is 5.35. The summed E-state index contributed by atoms with van der Waals surface area (Å²) in [5.41, 5.74) is 7.63. The summed E-state index contributed by atoms with van der Waals surface area (Å²) in [5, 5.41) is 0.614. The van der Waals surface area contributed by atoms with Crippen molar-refractivity contribution in [3.05, 3.63) is 33.5 Å². The second kappa shape index (κ2) is 5.68. The number of imidazole rings is 1. The number of aromatic nitrogens is 2. The average molecular weight is 339 g/mol. The minimum absolute atomic E-state index is 0.410. The van der Waals surface area contributed by atoms with Gasteiger partial charge in [-0.2, -0.15) is 0 Å². The zero-order chi connectivity index (χ0) is 14.0. The van der Waals surface area contributed by atoms with Gasteiger partial charge in [0.15, 0.2) is 0 Å². The molecule has 0 radical (unpaired) electrons. The van der Waals surface area contributed by atoms with Crippen LogP contribution in [0.5, 0.6) is 0 Å². The summed E-state index contributed by atoms with van der Waals surface area (Å²) in [7, 11) is 0. The highest BCUT2D eigenvalue weighted by atomic mass is 79.9. The number of aryl methyl sites for hydroxylation is 1. The largest absolute Gasteiger partial charge is 0.383 e. The maximum atomic E-state index is 6.22. The molecule has 0 aliphatic carbocycles. The first kappa shape index (κ1) is 14.0. The van der Waals surface area contributed by atoms with Crippen LogP contribution < -0.4 is 5.73 Å². The molecule has 0 bridgehead atoms. The zero-order valence-corrected chi connectivity index (χ0v) is 12.8. The van der Waals surface area contributed by atoms with Gasteiger partial charge in [-0.3, -0.25) is 0 Å². The van der Waals surface area contributed by atoms with Gasteiger partial charge >= 0.3 is 0 Å². The molecular weight excluding hydrogens is 326 g/mol. The Labute approximate surface area is 125 Å². The lowest BCUT2D eigenvalue weighted by atomic mass is 10.1. The van der Waals surface area contributed by atoms with E-state index in [1.165, 1.54) is 0 Å². The van der Waals surface area contributed by atoms with Gasteiger partial charge in [-0.15, -0.1) is 6.42 Å². The molecule has 2 N–H and O–H groups in total. The van der Waals surface area contributed by atoms with Gasteiger partial charge in [0.05, 0.1) is 11.6 Å². The summed E-state index contributed by atoms with van der Waals surface area (Å²) in [4.78, 5) is 4.56. The number of benzene rings is 1. The van der Waals surface area contributed by atoms with Crippen molar-refractivity contribution < 1.29 is 0 Å². The maximum absolute atomic E-state index is 6.22. The monoisotopic (exact) mass is 337 g/mol. The molecule has 5 heteroatoms. The lowest BCUT2D eigenvalue weighted by Crippen LogP contribution is -2.05. The predicted molar refractivity (Wildman–Crippen MR) is 83.0 cm³/mol. The van der Waals surface area contributed by atoms with Crippen LogP contribution >= 0.6 is 27.5 Å². The molecule has 0 amide bonds. The van der Waals surface area contributed by atoms with Crippen LogP contribution in [0.1, 0.15) is 12.7 Å². The summed E-state index contributed by atoms with van der Waals surface area (Å²) < 4.78 is 2.77. The number of hydrogen-bond acceptors (Lipinski definition) is 2. The Kier molecular flexibility index (Phi) is 4.18. The molecule has 0 spiro atoms. The predicted octanol–water partition coefficient (Wildman–Crippen LogP) is 3.74. The van der Waals surface area contributed by atoms with Gasteiger partial charge < -0.3 is 10.3 Å². The van der Waals surface area contributed by atoms with Gasteiger partial charge in [-0.25, -0.2) is 4.98 Å². The maximum Gasteiger partial charge on any atom is 0.132 e. The van der Waals surface area contributed by atoms with E-state index in [4.69, 9.17) is 23.8 Å². The SMILES string of the molecule is C#CCn1c(CC)nc(-c2cc(Br)ccc2Cl)c1N. The van der Waals surface area contributed by atoms with Crippen molar-refractivity contribution in [3.63, 3.8) is 0 Å². The van der Waals surface area contributed by atoms with Gasteiger partial charge in [-0.1, -0.05) is 40.4 Å². The lowest BCUT2D eigenvalue weighted by Gasteiger charge is -2.05. The van der Waals surface area contributed by atoms with Gasteiger partial charge in [0.2, 0.25) is 0 Å². The van der Waals surface area contributed by atoms with E-state index >= 15 is 0 Å². The number of halogens is 2. The van der Waals surface area contributed by atoms with Crippen molar-refractivity contribution in [2.45, 2.75) is 19.9 Å². The molecule has 19 heavy (non-hydrogen) atoms. The average Bonchev–Trinajstić information content (AvgIpc) is 2.70. The van der Waals surface area contributed by atoms with Crippen LogP contribution in [-0.2, 0) is 13.0 Å². The molecule has 0 fully saturated rings.